The Hall–Kier alpha value is -3.39. The van der Waals surface area contributed by atoms with E-state index >= 15 is 0 Å². The van der Waals surface area contributed by atoms with E-state index in [1.54, 1.807) is 23.0 Å². The first-order chi connectivity index (χ1) is 15.5. The lowest BCUT2D eigenvalue weighted by Crippen LogP contribution is -2.27. The van der Waals surface area contributed by atoms with Crippen molar-refractivity contribution in [3.05, 3.63) is 87.4 Å². The van der Waals surface area contributed by atoms with Crippen LogP contribution in [0.2, 0.25) is 0 Å². The van der Waals surface area contributed by atoms with Crippen LogP contribution in [0.25, 0.3) is 16.8 Å². The molecule has 0 unspecified atom stereocenters. The van der Waals surface area contributed by atoms with Crippen LogP contribution in [0.4, 0.5) is 0 Å². The zero-order chi connectivity index (χ0) is 22.5. The summed E-state index contributed by atoms with van der Waals surface area (Å²) < 4.78 is 9.57. The lowest BCUT2D eigenvalue weighted by molar-refractivity contribution is -0.121. The summed E-state index contributed by atoms with van der Waals surface area (Å²) >= 11 is 3.39. The van der Waals surface area contributed by atoms with Crippen molar-refractivity contribution in [3.8, 4) is 17.0 Å². The molecule has 1 N–H and O–H groups in total. The maximum absolute atomic E-state index is 12.9. The number of carbonyl (C=O) groups is 1. The first kappa shape index (κ1) is 21.8. The van der Waals surface area contributed by atoms with Crippen molar-refractivity contribution in [2.45, 2.75) is 26.4 Å². The lowest BCUT2D eigenvalue weighted by Gasteiger charge is -2.08. The predicted molar refractivity (Wildman–Crippen MR) is 127 cm³/mol. The highest BCUT2D eigenvalue weighted by Gasteiger charge is 2.10. The van der Waals surface area contributed by atoms with Gasteiger partial charge in [0.1, 0.15) is 11.3 Å². The second-order valence-corrected chi connectivity index (χ2v) is 8.18. The Labute approximate surface area is 193 Å². The molecule has 164 valence electrons. The first-order valence-corrected chi connectivity index (χ1v) is 11.2. The molecule has 0 aliphatic carbocycles. The number of aromatic nitrogens is 3. The summed E-state index contributed by atoms with van der Waals surface area (Å²) in [4.78, 5) is 25.1. The van der Waals surface area contributed by atoms with E-state index in [1.807, 2.05) is 55.5 Å². The van der Waals surface area contributed by atoms with Crippen LogP contribution in [0.5, 0.6) is 5.75 Å². The van der Waals surface area contributed by atoms with E-state index < -0.39 is 0 Å². The van der Waals surface area contributed by atoms with Crippen LogP contribution >= 0.6 is 15.9 Å². The lowest BCUT2D eigenvalue weighted by atomic mass is 10.1. The molecule has 0 bridgehead atoms. The number of aryl methyl sites for hydroxylation is 1. The fraction of sp³-hybridized carbons (Fsp3) is 0.208. The Balaban J connectivity index is 1.42. The Morgan fingerprint density at radius 1 is 1.09 bits per heavy atom. The van der Waals surface area contributed by atoms with Crippen molar-refractivity contribution in [2.24, 2.45) is 0 Å². The average Bonchev–Trinajstić information content (AvgIpc) is 3.24. The summed E-state index contributed by atoms with van der Waals surface area (Å²) in [6, 6.07) is 17.1. The third-order valence-electron chi connectivity index (χ3n) is 5.05. The molecule has 8 heteroatoms. The molecular weight excluding hydrogens is 472 g/mol. The van der Waals surface area contributed by atoms with Crippen molar-refractivity contribution in [2.75, 3.05) is 6.61 Å². The summed E-state index contributed by atoms with van der Waals surface area (Å²) in [7, 11) is 0. The first-order valence-electron chi connectivity index (χ1n) is 10.4. The van der Waals surface area contributed by atoms with Gasteiger partial charge in [-0.05, 0) is 55.0 Å². The molecule has 2 aromatic carbocycles. The largest absolute Gasteiger partial charge is 0.494 e. The van der Waals surface area contributed by atoms with E-state index in [-0.39, 0.29) is 17.9 Å². The third kappa shape index (κ3) is 5.08. The van der Waals surface area contributed by atoms with Crippen molar-refractivity contribution >= 4 is 27.4 Å². The zero-order valence-corrected chi connectivity index (χ0v) is 19.2. The average molecular weight is 495 g/mol. The summed E-state index contributed by atoms with van der Waals surface area (Å²) in [5.41, 5.74) is 2.90. The van der Waals surface area contributed by atoms with Crippen molar-refractivity contribution in [1.82, 2.24) is 19.5 Å². The Bertz CT molecular complexity index is 1280. The molecule has 0 aliphatic rings. The number of hydrogen-bond acceptors (Lipinski definition) is 4. The number of nitrogens with one attached hydrogen (secondary N) is 1. The van der Waals surface area contributed by atoms with Crippen molar-refractivity contribution in [3.63, 3.8) is 0 Å². The van der Waals surface area contributed by atoms with Crippen LogP contribution < -0.4 is 15.6 Å². The molecule has 4 aromatic rings. The van der Waals surface area contributed by atoms with E-state index in [4.69, 9.17) is 4.74 Å². The number of nitrogens with zero attached hydrogens (tertiary/aromatic N) is 3. The summed E-state index contributed by atoms with van der Waals surface area (Å²) in [5, 5.41) is 7.39. The van der Waals surface area contributed by atoms with Gasteiger partial charge in [-0.1, -0.05) is 28.1 Å². The van der Waals surface area contributed by atoms with Gasteiger partial charge in [-0.3, -0.25) is 9.59 Å². The number of fused-ring (bicyclic) bond motifs is 1. The van der Waals surface area contributed by atoms with E-state index in [0.717, 1.165) is 21.3 Å². The predicted octanol–water partition coefficient (Wildman–Crippen LogP) is 4.03. The number of ether oxygens (including phenoxy) is 1. The van der Waals surface area contributed by atoms with E-state index in [9.17, 15) is 9.59 Å². The van der Waals surface area contributed by atoms with Gasteiger partial charge in [0.2, 0.25) is 5.91 Å². The Morgan fingerprint density at radius 2 is 1.84 bits per heavy atom. The molecule has 0 saturated carbocycles. The minimum Gasteiger partial charge on any atom is -0.494 e. The maximum Gasteiger partial charge on any atom is 0.276 e. The summed E-state index contributed by atoms with van der Waals surface area (Å²) in [5.74, 6) is 0.684. The SMILES string of the molecule is CCOc1ccc(-c2cc3c(=O)n(CCC(=O)NCc4ccc(Br)cc4)ccn3n2)cc1. The fourth-order valence-corrected chi connectivity index (χ4v) is 3.61. The molecule has 0 aliphatic heterocycles. The molecular formula is C24H23BrN4O3. The topological polar surface area (TPSA) is 77.6 Å². The molecule has 1 amide bonds. The monoisotopic (exact) mass is 494 g/mol. The zero-order valence-electron chi connectivity index (χ0n) is 17.6. The van der Waals surface area contributed by atoms with Gasteiger partial charge in [-0.2, -0.15) is 5.10 Å². The van der Waals surface area contributed by atoms with Gasteiger partial charge in [0.25, 0.3) is 5.56 Å². The number of amides is 1. The van der Waals surface area contributed by atoms with Gasteiger partial charge >= 0.3 is 0 Å². The summed E-state index contributed by atoms with van der Waals surface area (Å²) in [6.07, 6.45) is 3.60. The molecule has 0 spiro atoms. The van der Waals surface area contributed by atoms with Crippen LogP contribution in [0.1, 0.15) is 18.9 Å². The van der Waals surface area contributed by atoms with Gasteiger partial charge in [-0.15, -0.1) is 0 Å². The minimum atomic E-state index is -0.183. The second kappa shape index (κ2) is 9.82. The van der Waals surface area contributed by atoms with Crippen LogP contribution in [0.3, 0.4) is 0 Å². The molecule has 4 rings (SSSR count). The van der Waals surface area contributed by atoms with Crippen molar-refractivity contribution in [1.29, 1.82) is 0 Å². The number of hydrogen-bond donors (Lipinski definition) is 1. The van der Waals surface area contributed by atoms with E-state index in [0.29, 0.717) is 30.9 Å². The second-order valence-electron chi connectivity index (χ2n) is 7.27. The Morgan fingerprint density at radius 3 is 2.56 bits per heavy atom. The van der Waals surface area contributed by atoms with Gasteiger partial charge in [0.15, 0.2) is 0 Å². The van der Waals surface area contributed by atoms with Gasteiger partial charge < -0.3 is 14.6 Å². The molecule has 2 aromatic heterocycles. The normalized spacial score (nSPS) is 10.9. The standard InChI is InChI=1S/C24H23BrN4O3/c1-2-32-20-9-5-18(6-10-20)21-15-22-24(31)28(13-14-29(22)27-21)12-11-23(30)26-16-17-3-7-19(25)8-4-17/h3-10,13-15H,2,11-12,16H2,1H3,(H,26,30). The van der Waals surface area contributed by atoms with Gasteiger partial charge in [0, 0.05) is 41.9 Å². The molecule has 0 fully saturated rings. The maximum atomic E-state index is 12.9. The number of benzene rings is 2. The quantitative estimate of drug-likeness (QED) is 0.401. The van der Waals surface area contributed by atoms with Crippen LogP contribution in [-0.4, -0.2) is 26.7 Å². The minimum absolute atomic E-state index is 0.108. The third-order valence-corrected chi connectivity index (χ3v) is 5.58. The van der Waals surface area contributed by atoms with Crippen LogP contribution in [0.15, 0.2) is 76.3 Å². The molecule has 0 atom stereocenters. The molecule has 2 heterocycles. The molecule has 7 nitrogen and oxygen atoms in total. The molecule has 0 radical (unpaired) electrons. The number of carbonyl (C=O) groups excluding carboxylic acids is 1. The van der Waals surface area contributed by atoms with E-state index in [1.165, 1.54) is 4.57 Å². The highest BCUT2D eigenvalue weighted by atomic mass is 79.9. The highest BCUT2D eigenvalue weighted by molar-refractivity contribution is 9.10. The smallest absolute Gasteiger partial charge is 0.276 e. The fourth-order valence-electron chi connectivity index (χ4n) is 3.35. The Kier molecular flexibility index (Phi) is 6.70. The van der Waals surface area contributed by atoms with Crippen LogP contribution in [-0.2, 0) is 17.9 Å². The van der Waals surface area contributed by atoms with Gasteiger partial charge in [-0.25, -0.2) is 4.52 Å². The highest BCUT2D eigenvalue weighted by Crippen LogP contribution is 2.22. The summed E-state index contributed by atoms with van der Waals surface area (Å²) in [6.45, 7) is 3.29. The van der Waals surface area contributed by atoms with Crippen LogP contribution in [0, 0.1) is 0 Å². The molecule has 0 saturated heterocycles. The van der Waals surface area contributed by atoms with Crippen molar-refractivity contribution < 1.29 is 9.53 Å². The molecule has 32 heavy (non-hydrogen) atoms. The number of halogens is 1. The van der Waals surface area contributed by atoms with Gasteiger partial charge in [0.05, 0.1) is 12.3 Å². The van der Waals surface area contributed by atoms with E-state index in [2.05, 4.69) is 26.3 Å². The number of rotatable bonds is 8.